The van der Waals surface area contributed by atoms with Crippen LogP contribution in [0.1, 0.15) is 6.92 Å². The minimum absolute atomic E-state index is 0.431. The summed E-state index contributed by atoms with van der Waals surface area (Å²) in [4.78, 5) is 9.18. The van der Waals surface area contributed by atoms with Crippen LogP contribution in [0.25, 0.3) is 0 Å². The highest BCUT2D eigenvalue weighted by atomic mass is 79.9. The topological polar surface area (TPSA) is 39.4 Å². The van der Waals surface area contributed by atoms with Crippen LogP contribution in [-0.4, -0.2) is 13.1 Å². The number of carbonyl (C=O) groups is 1. The van der Waals surface area contributed by atoms with Gasteiger partial charge in [0.05, 0.1) is 17.3 Å². The lowest BCUT2D eigenvalue weighted by Gasteiger charge is -1.79. The molecule has 1 aromatic heterocycles. The Morgan fingerprint density at radius 2 is 2.55 bits per heavy atom. The highest BCUT2D eigenvalue weighted by molar-refractivity contribution is 9.10. The summed E-state index contributed by atoms with van der Waals surface area (Å²) >= 11 is 3.19. The van der Waals surface area contributed by atoms with Crippen LogP contribution >= 0.6 is 15.9 Å². The van der Waals surface area contributed by atoms with Gasteiger partial charge >= 0.3 is 0 Å². The van der Waals surface area contributed by atoms with Crippen LogP contribution in [-0.2, 0) is 9.53 Å². The lowest BCUT2D eigenvalue weighted by atomic mass is 10.7. The van der Waals surface area contributed by atoms with Gasteiger partial charge in [-0.1, -0.05) is 0 Å². The van der Waals surface area contributed by atoms with Gasteiger partial charge in [0.25, 0.3) is 6.47 Å². The smallest absolute Gasteiger partial charge is 0.293 e. The van der Waals surface area contributed by atoms with Gasteiger partial charge in [0.1, 0.15) is 6.26 Å². The van der Waals surface area contributed by atoms with Crippen molar-refractivity contribution >= 4 is 22.4 Å². The maximum Gasteiger partial charge on any atom is 0.293 e. The Morgan fingerprint density at radius 3 is 2.64 bits per heavy atom. The van der Waals surface area contributed by atoms with E-state index >= 15 is 0 Å². The van der Waals surface area contributed by atoms with E-state index in [9.17, 15) is 4.79 Å². The average Bonchev–Trinajstić information content (AvgIpc) is 2.43. The number of hydrogen-bond acceptors (Lipinski definition) is 3. The molecule has 1 aromatic rings. The van der Waals surface area contributed by atoms with Crippen molar-refractivity contribution in [2.75, 3.05) is 6.61 Å². The number of furan rings is 1. The first-order chi connectivity index (χ1) is 5.31. The molecule has 1 rings (SSSR count). The summed E-state index contributed by atoms with van der Waals surface area (Å²) in [5.74, 6) is 0. The van der Waals surface area contributed by atoms with Gasteiger partial charge in [0.15, 0.2) is 0 Å². The van der Waals surface area contributed by atoms with Crippen molar-refractivity contribution in [3.05, 3.63) is 23.1 Å². The minimum Gasteiger partial charge on any atom is -0.471 e. The predicted molar refractivity (Wildman–Crippen MR) is 44.1 cm³/mol. The highest BCUT2D eigenvalue weighted by Gasteiger charge is 1.78. The molecule has 0 N–H and O–H groups in total. The molecule has 0 bridgehead atoms. The molecule has 0 aliphatic carbocycles. The summed E-state index contributed by atoms with van der Waals surface area (Å²) in [6.45, 7) is 2.66. The maximum absolute atomic E-state index is 9.18. The molecule has 0 aliphatic rings. The molecule has 3 nitrogen and oxygen atoms in total. The van der Waals surface area contributed by atoms with Crippen LogP contribution in [0.3, 0.4) is 0 Å². The fourth-order valence-electron chi connectivity index (χ4n) is 0.316. The van der Waals surface area contributed by atoms with E-state index in [-0.39, 0.29) is 0 Å². The minimum atomic E-state index is 0.431. The van der Waals surface area contributed by atoms with Crippen LogP contribution in [0.15, 0.2) is 27.5 Å². The van der Waals surface area contributed by atoms with Crippen molar-refractivity contribution in [3.8, 4) is 0 Å². The lowest BCUT2D eigenvalue weighted by Crippen LogP contribution is -1.80. The summed E-state index contributed by atoms with van der Waals surface area (Å²) in [5, 5.41) is 0. The second kappa shape index (κ2) is 7.34. The fraction of sp³-hybridized carbons (Fsp3) is 0.286. The summed E-state index contributed by atoms with van der Waals surface area (Å²) in [6.07, 6.45) is 3.24. The third kappa shape index (κ3) is 7.12. The largest absolute Gasteiger partial charge is 0.471 e. The van der Waals surface area contributed by atoms with Gasteiger partial charge in [-0.2, -0.15) is 0 Å². The predicted octanol–water partition coefficient (Wildman–Crippen LogP) is 2.22. The first-order valence-corrected chi connectivity index (χ1v) is 3.83. The number of carbonyl (C=O) groups excluding carboxylic acids is 1. The van der Waals surface area contributed by atoms with Crippen LogP contribution in [0.2, 0.25) is 0 Å². The molecule has 11 heavy (non-hydrogen) atoms. The number of ether oxygens (including phenoxy) is 1. The van der Waals surface area contributed by atoms with E-state index in [1.807, 2.05) is 6.07 Å². The van der Waals surface area contributed by atoms with E-state index in [1.54, 1.807) is 19.5 Å². The van der Waals surface area contributed by atoms with Crippen molar-refractivity contribution in [2.45, 2.75) is 6.92 Å². The molecule has 4 heteroatoms. The Hall–Kier alpha value is -0.770. The molecule has 0 saturated carbocycles. The zero-order valence-electron chi connectivity index (χ0n) is 6.12. The van der Waals surface area contributed by atoms with E-state index in [1.165, 1.54) is 0 Å². The molecule has 0 radical (unpaired) electrons. The molecule has 0 saturated heterocycles. The summed E-state index contributed by atoms with van der Waals surface area (Å²) in [5.41, 5.74) is 0. The van der Waals surface area contributed by atoms with E-state index in [0.29, 0.717) is 13.1 Å². The van der Waals surface area contributed by atoms with Gasteiger partial charge in [0.2, 0.25) is 0 Å². The van der Waals surface area contributed by atoms with Gasteiger partial charge in [-0.15, -0.1) is 0 Å². The third-order valence-corrected chi connectivity index (χ3v) is 1.17. The zero-order valence-corrected chi connectivity index (χ0v) is 7.71. The Bertz CT molecular complexity index is 172. The van der Waals surface area contributed by atoms with Crippen LogP contribution in [0.4, 0.5) is 0 Å². The molecular weight excluding hydrogens is 212 g/mol. The van der Waals surface area contributed by atoms with Crippen LogP contribution in [0.5, 0.6) is 0 Å². The Kier molecular flexibility index (Phi) is 6.82. The fourth-order valence-corrected chi connectivity index (χ4v) is 0.532. The lowest BCUT2D eigenvalue weighted by molar-refractivity contribution is -0.128. The summed E-state index contributed by atoms with van der Waals surface area (Å²) < 4.78 is 9.81. The second-order valence-electron chi connectivity index (χ2n) is 1.49. The van der Waals surface area contributed by atoms with E-state index in [0.717, 1.165) is 4.47 Å². The second-order valence-corrected chi connectivity index (χ2v) is 2.41. The first-order valence-electron chi connectivity index (χ1n) is 3.04. The molecule has 1 heterocycles. The normalized spacial score (nSPS) is 7.82. The highest BCUT2D eigenvalue weighted by Crippen LogP contribution is 2.06. The molecular formula is C7H9BrO3. The van der Waals surface area contributed by atoms with Crippen molar-refractivity contribution in [1.82, 2.24) is 0 Å². The van der Waals surface area contributed by atoms with Crippen molar-refractivity contribution < 1.29 is 13.9 Å². The molecule has 0 amide bonds. The molecule has 0 spiro atoms. The van der Waals surface area contributed by atoms with Crippen LogP contribution in [0, 0.1) is 0 Å². The molecule has 0 atom stereocenters. The molecule has 62 valence electrons. The van der Waals surface area contributed by atoms with Gasteiger partial charge in [-0.05, 0) is 28.9 Å². The van der Waals surface area contributed by atoms with E-state index < -0.39 is 0 Å². The standard InChI is InChI=1S/C4H3BrO.C3H6O2/c5-4-1-2-6-3-4;1-2-5-3-4/h1-3H;3H,2H2,1H3. The SMILES string of the molecule is Brc1ccoc1.CCOC=O. The molecule has 0 aliphatic heterocycles. The van der Waals surface area contributed by atoms with Crippen LogP contribution < -0.4 is 0 Å². The molecule has 0 unspecified atom stereocenters. The number of halogens is 1. The zero-order chi connectivity index (χ0) is 8.53. The maximum atomic E-state index is 9.18. The number of hydrogen-bond donors (Lipinski definition) is 0. The van der Waals surface area contributed by atoms with Gasteiger partial charge in [0, 0.05) is 0 Å². The van der Waals surface area contributed by atoms with Crippen molar-refractivity contribution in [2.24, 2.45) is 0 Å². The molecule has 0 fully saturated rings. The van der Waals surface area contributed by atoms with Gasteiger partial charge in [-0.25, -0.2) is 0 Å². The third-order valence-electron chi connectivity index (χ3n) is 0.721. The monoisotopic (exact) mass is 220 g/mol. The van der Waals surface area contributed by atoms with E-state index in [2.05, 4.69) is 25.1 Å². The van der Waals surface area contributed by atoms with Crippen molar-refractivity contribution in [1.29, 1.82) is 0 Å². The number of rotatable bonds is 2. The summed E-state index contributed by atoms with van der Waals surface area (Å²) in [7, 11) is 0. The Morgan fingerprint density at radius 1 is 1.82 bits per heavy atom. The Labute approximate surface area is 73.5 Å². The first kappa shape index (κ1) is 10.2. The Balaban J connectivity index is 0.000000187. The molecule has 0 aromatic carbocycles. The van der Waals surface area contributed by atoms with E-state index in [4.69, 9.17) is 0 Å². The average molecular weight is 221 g/mol. The van der Waals surface area contributed by atoms with Gasteiger partial charge in [-0.3, -0.25) is 4.79 Å². The van der Waals surface area contributed by atoms with Crippen molar-refractivity contribution in [3.63, 3.8) is 0 Å². The quantitative estimate of drug-likeness (QED) is 0.718. The van der Waals surface area contributed by atoms with Gasteiger partial charge < -0.3 is 9.15 Å². The summed E-state index contributed by atoms with van der Waals surface area (Å²) in [6, 6.07) is 1.83.